The molecule has 0 spiro atoms. The van der Waals surface area contributed by atoms with Gasteiger partial charge in [0.05, 0.1) is 52.2 Å². The van der Waals surface area contributed by atoms with E-state index in [2.05, 4.69) is 89.3 Å². The molecule has 3 saturated heterocycles. The molecule has 3 fully saturated rings. The fourth-order valence-corrected chi connectivity index (χ4v) is 13.5. The first-order chi connectivity index (χ1) is 51.1. The highest BCUT2D eigenvalue weighted by Crippen LogP contribution is 2.37. The van der Waals surface area contributed by atoms with Crippen molar-refractivity contribution >= 4 is 69.4 Å². The standard InChI is InChI=1S/C28H26N6O2.C27H24N6O2.C26H24N6O2/c1-3-7-25(35)33-15-6-8-22(18-33)27-32-26(23-17-29-16-19(2)34(23)27)20-10-12-21(13-11-20)28(36)31-24-9-4-5-14-30-24;1-3-6-24(34)32-14-12-21(17-32)26-31-25(22-16-28-15-18(2)33(22)26)19-8-10-20(11-9-19)27(35)30-23-7-4-5-13-29-23;1-3-23(33)31-13-11-20(16-31)25-30-24(21-15-27-14-17(2)32(21)25)18-7-9-19(10-8-18)26(34)29-22-6-4-5-12-28-22/h4-5,9-14,16-17,22H,6,8,15,18H2,1-2H3,(H,30,31,36);4-5,7-11,13,15-16,21H,12,14,17H2,1-2H3,(H,29,30,35);3-10,12,14-15,20H,1,11,13,16H2,2H3,(H,28,29,34)/t22-;21-;20-/m111/s1. The minimum Gasteiger partial charge on any atom is -0.338 e. The minimum absolute atomic E-state index is 0.0541. The zero-order valence-corrected chi connectivity index (χ0v) is 58.6. The van der Waals surface area contributed by atoms with Crippen molar-refractivity contribution in [2.45, 2.75) is 78.1 Å². The fraction of sp³-hybridized carbons (Fsp3) is 0.222. The lowest BCUT2D eigenvalue weighted by molar-refractivity contribution is -0.126. The van der Waals surface area contributed by atoms with Crippen LogP contribution in [0.15, 0.2) is 196 Å². The number of aryl methyl sites for hydroxylation is 3. The summed E-state index contributed by atoms with van der Waals surface area (Å²) < 4.78 is 6.37. The van der Waals surface area contributed by atoms with Crippen molar-refractivity contribution in [3.05, 3.63) is 247 Å². The van der Waals surface area contributed by atoms with Gasteiger partial charge in [-0.3, -0.25) is 56.9 Å². The Balaban J connectivity index is 0.000000140. The number of amides is 6. The summed E-state index contributed by atoms with van der Waals surface area (Å²) in [6, 6.07) is 38.1. The number of hydrogen-bond donors (Lipinski definition) is 3. The van der Waals surface area contributed by atoms with Crippen LogP contribution in [0.1, 0.15) is 123 Å². The molecule has 0 saturated carbocycles. The molecule has 9 aromatic heterocycles. The van der Waals surface area contributed by atoms with Crippen LogP contribution >= 0.6 is 0 Å². The lowest BCUT2D eigenvalue weighted by atomic mass is 9.97. The van der Waals surface area contributed by atoms with E-state index < -0.39 is 0 Å². The van der Waals surface area contributed by atoms with Crippen LogP contribution < -0.4 is 16.0 Å². The molecule has 24 heteroatoms. The highest BCUT2D eigenvalue weighted by molar-refractivity contribution is 6.06. The van der Waals surface area contributed by atoms with Crippen LogP contribution in [0.2, 0.25) is 0 Å². The fourth-order valence-electron chi connectivity index (χ4n) is 13.5. The van der Waals surface area contributed by atoms with E-state index in [0.717, 1.165) is 111 Å². The summed E-state index contributed by atoms with van der Waals surface area (Å²) in [6.45, 7) is 16.8. The molecule has 524 valence electrons. The van der Waals surface area contributed by atoms with Crippen molar-refractivity contribution in [2.24, 2.45) is 0 Å². The van der Waals surface area contributed by atoms with E-state index >= 15 is 0 Å². The molecule has 12 heterocycles. The second kappa shape index (κ2) is 31.7. The van der Waals surface area contributed by atoms with E-state index in [4.69, 9.17) is 15.0 Å². The number of hydrogen-bond acceptors (Lipinski definition) is 15. The highest BCUT2D eigenvalue weighted by atomic mass is 16.2. The van der Waals surface area contributed by atoms with Gasteiger partial charge in [0, 0.05) is 145 Å². The Morgan fingerprint density at radius 2 is 0.762 bits per heavy atom. The maximum atomic E-state index is 12.6. The van der Waals surface area contributed by atoms with Crippen LogP contribution in [-0.2, 0) is 14.4 Å². The molecule has 105 heavy (non-hydrogen) atoms. The monoisotopic (exact) mass is 1390 g/mol. The predicted molar refractivity (Wildman–Crippen MR) is 400 cm³/mol. The normalized spacial score (nSPS) is 15.2. The second-order valence-electron chi connectivity index (χ2n) is 25.6. The van der Waals surface area contributed by atoms with E-state index in [0.29, 0.717) is 73.4 Å². The van der Waals surface area contributed by atoms with Crippen LogP contribution in [0, 0.1) is 44.5 Å². The van der Waals surface area contributed by atoms with Crippen molar-refractivity contribution < 1.29 is 28.8 Å². The topological polar surface area (TPSA) is 277 Å². The maximum Gasteiger partial charge on any atom is 0.298 e. The van der Waals surface area contributed by atoms with Gasteiger partial charge in [0.1, 0.15) is 34.9 Å². The third-order valence-corrected chi connectivity index (χ3v) is 18.6. The first-order valence-corrected chi connectivity index (χ1v) is 34.5. The van der Waals surface area contributed by atoms with E-state index in [9.17, 15) is 28.8 Å². The molecule has 24 nitrogen and oxygen atoms in total. The van der Waals surface area contributed by atoms with Crippen LogP contribution in [0.4, 0.5) is 17.5 Å². The molecule has 0 unspecified atom stereocenters. The average molecular weight is 1400 g/mol. The minimum atomic E-state index is -0.228. The lowest BCUT2D eigenvalue weighted by Gasteiger charge is -2.31. The number of nitrogens with zero attached hydrogens (tertiary/aromatic N) is 15. The van der Waals surface area contributed by atoms with Crippen molar-refractivity contribution in [1.82, 2.24) is 72.8 Å². The Labute approximate surface area is 605 Å². The number of nitrogens with one attached hydrogen (secondary N) is 3. The van der Waals surface area contributed by atoms with Gasteiger partial charge < -0.3 is 30.7 Å². The number of imidazole rings is 3. The van der Waals surface area contributed by atoms with Gasteiger partial charge in [0.15, 0.2) is 0 Å². The number of rotatable bonds is 13. The molecular weight excluding hydrogens is 1320 g/mol. The number of benzene rings is 3. The second-order valence-corrected chi connectivity index (χ2v) is 25.6. The number of likely N-dealkylation sites (tertiary alicyclic amines) is 3. The first-order valence-electron chi connectivity index (χ1n) is 34.5. The Kier molecular flexibility index (Phi) is 21.2. The van der Waals surface area contributed by atoms with E-state index in [1.165, 1.54) is 6.08 Å². The maximum absolute atomic E-state index is 12.6. The van der Waals surface area contributed by atoms with Crippen LogP contribution in [-0.4, -0.2) is 147 Å². The summed E-state index contributed by atoms with van der Waals surface area (Å²) >= 11 is 0. The van der Waals surface area contributed by atoms with Gasteiger partial charge >= 0.3 is 0 Å². The molecule has 0 bridgehead atoms. The zero-order valence-electron chi connectivity index (χ0n) is 58.6. The Bertz CT molecular complexity index is 5390. The number of aromatic nitrogens is 12. The largest absolute Gasteiger partial charge is 0.338 e. The number of carbonyl (C=O) groups excluding carboxylic acids is 6. The molecule has 0 aliphatic carbocycles. The smallest absolute Gasteiger partial charge is 0.298 e. The number of fused-ring (bicyclic) bond motifs is 3. The molecule has 3 aliphatic rings. The summed E-state index contributed by atoms with van der Waals surface area (Å²) in [5, 5.41) is 8.39. The first kappa shape index (κ1) is 70.1. The molecular formula is C81H74N18O6. The van der Waals surface area contributed by atoms with E-state index in [1.807, 2.05) is 116 Å². The van der Waals surface area contributed by atoms with Gasteiger partial charge in [-0.05, 0) is 151 Å². The van der Waals surface area contributed by atoms with Crippen molar-refractivity contribution in [1.29, 1.82) is 0 Å². The highest BCUT2D eigenvalue weighted by Gasteiger charge is 2.34. The molecule has 15 rings (SSSR count). The van der Waals surface area contributed by atoms with Gasteiger partial charge in [0.2, 0.25) is 5.91 Å². The van der Waals surface area contributed by atoms with Crippen molar-refractivity contribution in [2.75, 3.05) is 55.2 Å². The van der Waals surface area contributed by atoms with Crippen molar-refractivity contribution in [3.63, 3.8) is 0 Å². The Morgan fingerprint density at radius 3 is 1.10 bits per heavy atom. The van der Waals surface area contributed by atoms with Gasteiger partial charge in [-0.2, -0.15) is 0 Å². The Hall–Kier alpha value is -13.4. The quantitative estimate of drug-likeness (QED) is 0.0715. The van der Waals surface area contributed by atoms with Crippen LogP contribution in [0.5, 0.6) is 0 Å². The van der Waals surface area contributed by atoms with Gasteiger partial charge in [0.25, 0.3) is 29.5 Å². The molecule has 3 N–H and O–H groups in total. The number of anilines is 3. The van der Waals surface area contributed by atoms with Gasteiger partial charge in [-0.1, -0.05) is 73.0 Å². The summed E-state index contributed by atoms with van der Waals surface area (Å²) in [5.74, 6) is 14.2. The summed E-state index contributed by atoms with van der Waals surface area (Å²) in [6.07, 6.45) is 20.6. The van der Waals surface area contributed by atoms with Crippen LogP contribution in [0.3, 0.4) is 0 Å². The number of carbonyl (C=O) groups is 6. The SMILES string of the molecule is C=CC(=O)N1CC[C@@H](c2nc(-c3ccc(C(=O)Nc4ccccn4)cc3)c3cncc(C)n23)C1.CC#CC(=O)N1CCC[C@@H](c2nc(-c3ccc(C(=O)Nc4ccccn4)cc3)c3cncc(C)n23)C1.CC#CC(=O)N1CC[C@@H](c2nc(-c3ccc(C(=O)Nc4ccccn4)cc3)c3cncc(C)n23)C1. The van der Waals surface area contributed by atoms with Gasteiger partial charge in [-0.25, -0.2) is 29.9 Å². The van der Waals surface area contributed by atoms with E-state index in [1.54, 1.807) is 116 Å². The summed E-state index contributed by atoms with van der Waals surface area (Å²) in [4.78, 5) is 121. The van der Waals surface area contributed by atoms with Gasteiger partial charge in [-0.15, -0.1) is 0 Å². The van der Waals surface area contributed by atoms with Crippen LogP contribution in [0.25, 0.3) is 50.3 Å². The summed E-state index contributed by atoms with van der Waals surface area (Å²) in [7, 11) is 0. The molecule has 3 aromatic carbocycles. The van der Waals surface area contributed by atoms with E-state index in [-0.39, 0.29) is 53.2 Å². The third-order valence-electron chi connectivity index (χ3n) is 18.6. The lowest BCUT2D eigenvalue weighted by Crippen LogP contribution is -2.39. The zero-order chi connectivity index (χ0) is 73.1. The molecule has 3 atom stereocenters. The molecule has 12 aromatic rings. The number of pyridine rings is 3. The summed E-state index contributed by atoms with van der Waals surface area (Å²) in [5.41, 5.74) is 12.3. The predicted octanol–water partition coefficient (Wildman–Crippen LogP) is 11.6. The average Bonchev–Trinajstić information content (AvgIpc) is 1.63. The van der Waals surface area contributed by atoms with Crippen molar-refractivity contribution in [3.8, 4) is 57.5 Å². The molecule has 3 aliphatic heterocycles. The molecule has 0 radical (unpaired) electrons. The molecule has 6 amide bonds. The third kappa shape index (κ3) is 15.5. The Morgan fingerprint density at radius 1 is 0.429 bits per heavy atom. The number of piperidine rings is 1.